The number of aliphatic imine (C=N–C) groups is 1. The normalized spacial score (nSPS) is 11.3. The number of carbonyl (C=O) groups excluding carboxylic acids is 1. The number of thiophene rings is 1. The molecule has 5 heteroatoms. The lowest BCUT2D eigenvalue weighted by Crippen LogP contribution is -2.11. The van der Waals surface area contributed by atoms with E-state index in [2.05, 4.69) is 21.4 Å². The second-order valence-electron chi connectivity index (χ2n) is 6.38. The van der Waals surface area contributed by atoms with E-state index < -0.39 is 0 Å². The molecule has 0 spiro atoms. The number of nitrogens with one attached hydrogen (secondary N) is 2. The van der Waals surface area contributed by atoms with E-state index in [0.717, 1.165) is 33.4 Å². The minimum atomic E-state index is -0.145. The average molecular weight is 373 g/mol. The number of aromatic nitrogens is 1. The van der Waals surface area contributed by atoms with Crippen LogP contribution < -0.4 is 5.32 Å². The van der Waals surface area contributed by atoms with Gasteiger partial charge < -0.3 is 10.3 Å². The highest BCUT2D eigenvalue weighted by atomic mass is 32.1. The Morgan fingerprint density at radius 3 is 2.70 bits per heavy atom. The summed E-state index contributed by atoms with van der Waals surface area (Å²) in [4.78, 5) is 20.7. The Balaban J connectivity index is 1.62. The van der Waals surface area contributed by atoms with Crippen LogP contribution in [0.25, 0.3) is 10.9 Å². The fourth-order valence-corrected chi connectivity index (χ4v) is 3.80. The highest BCUT2D eigenvalue weighted by molar-refractivity contribution is 7.14. The predicted octanol–water partition coefficient (Wildman–Crippen LogP) is 5.85. The molecular formula is C22H19N3OS. The zero-order valence-corrected chi connectivity index (χ0v) is 15.9. The van der Waals surface area contributed by atoms with Gasteiger partial charge in [0.05, 0.1) is 5.56 Å². The number of H-pyrrole nitrogens is 1. The van der Waals surface area contributed by atoms with Gasteiger partial charge >= 0.3 is 0 Å². The maximum atomic E-state index is 12.7. The van der Waals surface area contributed by atoms with Gasteiger partial charge in [-0.15, -0.1) is 11.3 Å². The van der Waals surface area contributed by atoms with Crippen LogP contribution >= 0.6 is 11.3 Å². The molecule has 2 N–H and O–H groups in total. The number of carbonyl (C=O) groups is 1. The first-order valence-electron chi connectivity index (χ1n) is 8.69. The Bertz CT molecular complexity index is 1150. The molecule has 2 aromatic heterocycles. The van der Waals surface area contributed by atoms with Gasteiger partial charge in [0.1, 0.15) is 5.00 Å². The third-order valence-corrected chi connectivity index (χ3v) is 5.36. The molecule has 4 nitrogen and oxygen atoms in total. The molecule has 0 radical (unpaired) electrons. The summed E-state index contributed by atoms with van der Waals surface area (Å²) in [5.74, 6) is -0.145. The monoisotopic (exact) mass is 373 g/mol. The number of rotatable bonds is 4. The van der Waals surface area contributed by atoms with Gasteiger partial charge in [-0.25, -0.2) is 4.99 Å². The van der Waals surface area contributed by atoms with E-state index >= 15 is 0 Å². The second-order valence-corrected chi connectivity index (χ2v) is 7.27. The Morgan fingerprint density at radius 1 is 1.07 bits per heavy atom. The SMILES string of the molecule is Cc1ccccc1NC(=O)c1ccsc1N=Cc1c(C)[nH]c2ccccc12. The summed E-state index contributed by atoms with van der Waals surface area (Å²) < 4.78 is 0. The molecule has 4 rings (SSSR count). The van der Waals surface area contributed by atoms with Crippen molar-refractivity contribution in [2.24, 2.45) is 4.99 Å². The lowest BCUT2D eigenvalue weighted by atomic mass is 10.1. The van der Waals surface area contributed by atoms with Crippen molar-refractivity contribution in [3.05, 3.63) is 82.4 Å². The van der Waals surface area contributed by atoms with Gasteiger partial charge in [0.25, 0.3) is 5.91 Å². The molecule has 1 amide bonds. The summed E-state index contributed by atoms with van der Waals surface area (Å²) in [7, 11) is 0. The summed E-state index contributed by atoms with van der Waals surface area (Å²) in [5, 5.41) is 6.69. The Kier molecular flexibility index (Phi) is 4.60. The van der Waals surface area contributed by atoms with Crippen molar-refractivity contribution in [1.29, 1.82) is 0 Å². The molecule has 0 saturated carbocycles. The molecule has 0 saturated heterocycles. The summed E-state index contributed by atoms with van der Waals surface area (Å²) in [6.07, 6.45) is 1.84. The van der Waals surface area contributed by atoms with Gasteiger partial charge in [-0.05, 0) is 43.0 Å². The molecule has 134 valence electrons. The number of hydrogen-bond acceptors (Lipinski definition) is 3. The predicted molar refractivity (Wildman–Crippen MR) is 114 cm³/mol. The third-order valence-electron chi connectivity index (χ3n) is 4.54. The number of amides is 1. The Labute approximate surface area is 161 Å². The van der Waals surface area contributed by atoms with E-state index in [1.807, 2.05) is 74.0 Å². The molecule has 0 unspecified atom stereocenters. The van der Waals surface area contributed by atoms with Crippen LogP contribution in [-0.4, -0.2) is 17.1 Å². The topological polar surface area (TPSA) is 57.2 Å². The van der Waals surface area contributed by atoms with Crippen LogP contribution in [0.5, 0.6) is 0 Å². The van der Waals surface area contributed by atoms with Gasteiger partial charge in [0.2, 0.25) is 0 Å². The molecule has 4 aromatic rings. The maximum Gasteiger partial charge on any atom is 0.258 e. The smallest absolute Gasteiger partial charge is 0.258 e. The van der Waals surface area contributed by atoms with Gasteiger partial charge in [-0.2, -0.15) is 0 Å². The molecule has 0 atom stereocenters. The van der Waals surface area contributed by atoms with Crippen molar-refractivity contribution < 1.29 is 4.79 Å². The van der Waals surface area contributed by atoms with Crippen molar-refractivity contribution in [2.45, 2.75) is 13.8 Å². The van der Waals surface area contributed by atoms with Crippen molar-refractivity contribution >= 4 is 45.0 Å². The quantitative estimate of drug-likeness (QED) is 0.433. The first-order chi connectivity index (χ1) is 13.1. The molecular weight excluding hydrogens is 354 g/mol. The van der Waals surface area contributed by atoms with Crippen LogP contribution in [0.2, 0.25) is 0 Å². The number of anilines is 1. The average Bonchev–Trinajstić information content (AvgIpc) is 3.25. The van der Waals surface area contributed by atoms with Gasteiger partial charge in [0, 0.05) is 34.1 Å². The Morgan fingerprint density at radius 2 is 1.85 bits per heavy atom. The number of aromatic amines is 1. The first-order valence-corrected chi connectivity index (χ1v) is 9.57. The van der Waals surface area contributed by atoms with E-state index in [1.165, 1.54) is 11.3 Å². The Hall–Kier alpha value is -3.18. The highest BCUT2D eigenvalue weighted by Gasteiger charge is 2.14. The largest absolute Gasteiger partial charge is 0.358 e. The number of fused-ring (bicyclic) bond motifs is 1. The summed E-state index contributed by atoms with van der Waals surface area (Å²) >= 11 is 1.46. The van der Waals surface area contributed by atoms with E-state index in [4.69, 9.17) is 0 Å². The fourth-order valence-electron chi connectivity index (χ4n) is 3.06. The molecule has 0 fully saturated rings. The maximum absolute atomic E-state index is 12.7. The van der Waals surface area contributed by atoms with E-state index in [9.17, 15) is 4.79 Å². The van der Waals surface area contributed by atoms with Crippen LogP contribution in [0.4, 0.5) is 10.7 Å². The zero-order valence-electron chi connectivity index (χ0n) is 15.1. The molecule has 0 aliphatic rings. The van der Waals surface area contributed by atoms with E-state index in [1.54, 1.807) is 0 Å². The number of para-hydroxylation sites is 2. The summed E-state index contributed by atoms with van der Waals surface area (Å²) in [5.41, 5.74) is 5.61. The van der Waals surface area contributed by atoms with Gasteiger partial charge in [-0.3, -0.25) is 4.79 Å². The van der Waals surface area contributed by atoms with Crippen LogP contribution in [0, 0.1) is 13.8 Å². The standard InChI is InChI=1S/C22H19N3OS/c1-14-7-3-5-9-19(14)25-21(26)17-11-12-27-22(17)23-13-18-15(2)24-20-10-6-4-8-16(18)20/h3-13,24H,1-2H3,(H,25,26). The molecule has 0 bridgehead atoms. The molecule has 0 aliphatic heterocycles. The lowest BCUT2D eigenvalue weighted by molar-refractivity contribution is 0.102. The van der Waals surface area contributed by atoms with Gasteiger partial charge in [0.15, 0.2) is 0 Å². The summed E-state index contributed by atoms with van der Waals surface area (Å²) in [6, 6.07) is 17.7. The van der Waals surface area contributed by atoms with Crippen molar-refractivity contribution in [3.8, 4) is 0 Å². The van der Waals surface area contributed by atoms with Crippen molar-refractivity contribution in [2.75, 3.05) is 5.32 Å². The fraction of sp³-hybridized carbons (Fsp3) is 0.0909. The lowest BCUT2D eigenvalue weighted by Gasteiger charge is -2.07. The minimum absolute atomic E-state index is 0.145. The number of hydrogen-bond donors (Lipinski definition) is 2. The zero-order chi connectivity index (χ0) is 18.8. The van der Waals surface area contributed by atoms with Crippen molar-refractivity contribution in [1.82, 2.24) is 4.98 Å². The molecule has 2 heterocycles. The van der Waals surface area contributed by atoms with Crippen LogP contribution in [0.15, 0.2) is 65.0 Å². The second kappa shape index (κ2) is 7.21. The highest BCUT2D eigenvalue weighted by Crippen LogP contribution is 2.29. The van der Waals surface area contributed by atoms with E-state index in [0.29, 0.717) is 10.6 Å². The van der Waals surface area contributed by atoms with E-state index in [-0.39, 0.29) is 5.91 Å². The molecule has 2 aromatic carbocycles. The van der Waals surface area contributed by atoms with Gasteiger partial charge in [-0.1, -0.05) is 36.4 Å². The number of nitrogens with zero attached hydrogens (tertiary/aromatic N) is 1. The van der Waals surface area contributed by atoms with Crippen LogP contribution in [0.1, 0.15) is 27.2 Å². The minimum Gasteiger partial charge on any atom is -0.358 e. The molecule has 27 heavy (non-hydrogen) atoms. The first kappa shape index (κ1) is 17.2. The molecule has 0 aliphatic carbocycles. The van der Waals surface area contributed by atoms with Crippen LogP contribution in [-0.2, 0) is 0 Å². The van der Waals surface area contributed by atoms with Crippen LogP contribution in [0.3, 0.4) is 0 Å². The number of aryl methyl sites for hydroxylation is 2. The summed E-state index contributed by atoms with van der Waals surface area (Å²) in [6.45, 7) is 4.00. The third kappa shape index (κ3) is 3.41. The van der Waals surface area contributed by atoms with Crippen molar-refractivity contribution in [3.63, 3.8) is 0 Å². The number of benzene rings is 2.